The molecule has 0 radical (unpaired) electrons. The summed E-state index contributed by atoms with van der Waals surface area (Å²) < 4.78 is 31.4. The summed E-state index contributed by atoms with van der Waals surface area (Å²) in [5.74, 6) is -1.01. The van der Waals surface area contributed by atoms with Crippen LogP contribution in [0.4, 0.5) is 8.78 Å². The summed E-state index contributed by atoms with van der Waals surface area (Å²) in [6.07, 6.45) is 2.26. The summed E-state index contributed by atoms with van der Waals surface area (Å²) in [7, 11) is 1.68. The number of methoxy groups -OCH3 is 1. The summed E-state index contributed by atoms with van der Waals surface area (Å²) in [5.41, 5.74) is 0.700. The zero-order chi connectivity index (χ0) is 14.4. The maximum atomic E-state index is 13.2. The van der Waals surface area contributed by atoms with Crippen molar-refractivity contribution in [2.45, 2.75) is 25.4 Å². The zero-order valence-electron chi connectivity index (χ0n) is 11.9. The maximum Gasteiger partial charge on any atom is 0.126 e. The Kier molecular flexibility index (Phi) is 5.88. The SMILES string of the molecule is COCCNCC1CCCN1Cc1cc(F)cc(F)c1. The highest BCUT2D eigenvalue weighted by Gasteiger charge is 2.24. The molecule has 1 unspecified atom stereocenters. The largest absolute Gasteiger partial charge is 0.383 e. The van der Waals surface area contributed by atoms with Gasteiger partial charge in [0.2, 0.25) is 0 Å². The van der Waals surface area contributed by atoms with Crippen LogP contribution in [0.5, 0.6) is 0 Å². The molecule has 5 heteroatoms. The Morgan fingerprint density at radius 1 is 1.30 bits per heavy atom. The minimum Gasteiger partial charge on any atom is -0.383 e. The predicted octanol–water partition coefficient (Wildman–Crippen LogP) is 2.17. The molecule has 2 rings (SSSR count). The molecule has 0 aliphatic carbocycles. The monoisotopic (exact) mass is 284 g/mol. The van der Waals surface area contributed by atoms with Crippen LogP contribution >= 0.6 is 0 Å². The first kappa shape index (κ1) is 15.4. The van der Waals surface area contributed by atoms with Crippen molar-refractivity contribution in [1.29, 1.82) is 0 Å². The van der Waals surface area contributed by atoms with E-state index in [0.29, 0.717) is 24.8 Å². The molecule has 1 fully saturated rings. The van der Waals surface area contributed by atoms with Gasteiger partial charge in [-0.15, -0.1) is 0 Å². The Morgan fingerprint density at radius 3 is 2.75 bits per heavy atom. The Balaban J connectivity index is 1.87. The molecule has 20 heavy (non-hydrogen) atoms. The number of hydrogen-bond acceptors (Lipinski definition) is 3. The Bertz CT molecular complexity index is 408. The van der Waals surface area contributed by atoms with Crippen molar-refractivity contribution in [3.63, 3.8) is 0 Å². The van der Waals surface area contributed by atoms with Gasteiger partial charge in [-0.1, -0.05) is 0 Å². The predicted molar refractivity (Wildman–Crippen MR) is 74.5 cm³/mol. The number of ether oxygens (including phenoxy) is 1. The minimum absolute atomic E-state index is 0.429. The number of halogens is 2. The first-order chi connectivity index (χ1) is 9.69. The van der Waals surface area contributed by atoms with Crippen molar-refractivity contribution in [1.82, 2.24) is 10.2 Å². The number of rotatable bonds is 7. The van der Waals surface area contributed by atoms with Crippen LogP contribution in [0, 0.1) is 11.6 Å². The molecule has 0 amide bonds. The fraction of sp³-hybridized carbons (Fsp3) is 0.600. The van der Waals surface area contributed by atoms with E-state index in [1.165, 1.54) is 12.1 Å². The molecule has 1 saturated heterocycles. The molecule has 0 bridgehead atoms. The fourth-order valence-electron chi connectivity index (χ4n) is 2.71. The third-order valence-corrected chi connectivity index (χ3v) is 3.67. The van der Waals surface area contributed by atoms with Gasteiger partial charge in [0.05, 0.1) is 6.61 Å². The fourth-order valence-corrected chi connectivity index (χ4v) is 2.71. The Morgan fingerprint density at radius 2 is 2.05 bits per heavy atom. The number of nitrogens with one attached hydrogen (secondary N) is 1. The molecule has 0 saturated carbocycles. The second-order valence-electron chi connectivity index (χ2n) is 5.24. The Labute approximate surface area is 118 Å². The van der Waals surface area contributed by atoms with Crippen LogP contribution in [0.15, 0.2) is 18.2 Å². The minimum atomic E-state index is -0.506. The van der Waals surface area contributed by atoms with E-state index in [0.717, 1.165) is 38.5 Å². The molecule has 1 aromatic carbocycles. The normalized spacial score (nSPS) is 19.6. The van der Waals surface area contributed by atoms with Gasteiger partial charge in [-0.2, -0.15) is 0 Å². The van der Waals surface area contributed by atoms with Crippen LogP contribution in [0.25, 0.3) is 0 Å². The lowest BCUT2D eigenvalue weighted by Crippen LogP contribution is -2.38. The van der Waals surface area contributed by atoms with Crippen LogP contribution in [-0.2, 0) is 11.3 Å². The summed E-state index contributed by atoms with van der Waals surface area (Å²) in [6.45, 7) is 4.00. The van der Waals surface area contributed by atoms with Gasteiger partial charge in [0.25, 0.3) is 0 Å². The molecule has 112 valence electrons. The standard InChI is InChI=1S/C15H22F2N2O/c1-20-6-4-18-10-15-3-2-5-19(15)11-12-7-13(16)9-14(17)8-12/h7-9,15,18H,2-6,10-11H2,1H3. The van der Waals surface area contributed by atoms with E-state index in [9.17, 15) is 8.78 Å². The van der Waals surface area contributed by atoms with Crippen molar-refractivity contribution < 1.29 is 13.5 Å². The van der Waals surface area contributed by atoms with E-state index in [1.54, 1.807) is 7.11 Å². The van der Waals surface area contributed by atoms with E-state index in [4.69, 9.17) is 4.74 Å². The molecule has 1 aromatic rings. The second-order valence-corrected chi connectivity index (χ2v) is 5.24. The lowest BCUT2D eigenvalue weighted by atomic mass is 10.1. The topological polar surface area (TPSA) is 24.5 Å². The molecular formula is C15H22F2N2O. The zero-order valence-corrected chi connectivity index (χ0v) is 11.9. The van der Waals surface area contributed by atoms with Gasteiger partial charge in [-0.05, 0) is 37.1 Å². The lowest BCUT2D eigenvalue weighted by Gasteiger charge is -2.25. The average Bonchev–Trinajstić information content (AvgIpc) is 2.81. The molecule has 1 atom stereocenters. The van der Waals surface area contributed by atoms with Crippen LogP contribution < -0.4 is 5.32 Å². The van der Waals surface area contributed by atoms with Crippen molar-refractivity contribution in [3.05, 3.63) is 35.4 Å². The van der Waals surface area contributed by atoms with Gasteiger partial charge in [0, 0.05) is 38.9 Å². The van der Waals surface area contributed by atoms with Gasteiger partial charge in [-0.25, -0.2) is 8.78 Å². The van der Waals surface area contributed by atoms with E-state index in [1.807, 2.05) is 0 Å². The van der Waals surface area contributed by atoms with Gasteiger partial charge < -0.3 is 10.1 Å². The van der Waals surface area contributed by atoms with E-state index < -0.39 is 11.6 Å². The molecule has 1 heterocycles. The molecule has 1 aliphatic heterocycles. The first-order valence-electron chi connectivity index (χ1n) is 7.07. The molecule has 0 aromatic heterocycles. The molecule has 3 nitrogen and oxygen atoms in total. The van der Waals surface area contributed by atoms with Crippen LogP contribution in [0.3, 0.4) is 0 Å². The maximum absolute atomic E-state index is 13.2. The average molecular weight is 284 g/mol. The van der Waals surface area contributed by atoms with Gasteiger partial charge in [0.15, 0.2) is 0 Å². The Hall–Kier alpha value is -1.04. The van der Waals surface area contributed by atoms with Crippen molar-refractivity contribution in [2.75, 3.05) is 33.4 Å². The summed E-state index contributed by atoms with van der Waals surface area (Å²) >= 11 is 0. The van der Waals surface area contributed by atoms with Crippen LogP contribution in [-0.4, -0.2) is 44.3 Å². The van der Waals surface area contributed by atoms with E-state index in [2.05, 4.69) is 10.2 Å². The summed E-state index contributed by atoms with van der Waals surface area (Å²) in [6, 6.07) is 4.17. The quantitative estimate of drug-likeness (QED) is 0.777. The second kappa shape index (κ2) is 7.67. The van der Waals surface area contributed by atoms with Gasteiger partial charge in [0.1, 0.15) is 11.6 Å². The van der Waals surface area contributed by atoms with Crippen LogP contribution in [0.2, 0.25) is 0 Å². The summed E-state index contributed by atoms with van der Waals surface area (Å²) in [4.78, 5) is 2.29. The highest BCUT2D eigenvalue weighted by atomic mass is 19.1. The molecule has 1 aliphatic rings. The van der Waals surface area contributed by atoms with E-state index >= 15 is 0 Å². The van der Waals surface area contributed by atoms with Crippen molar-refractivity contribution in [2.24, 2.45) is 0 Å². The third kappa shape index (κ3) is 4.51. The van der Waals surface area contributed by atoms with Crippen LogP contribution in [0.1, 0.15) is 18.4 Å². The van der Waals surface area contributed by atoms with Gasteiger partial charge >= 0.3 is 0 Å². The highest BCUT2D eigenvalue weighted by molar-refractivity contribution is 5.18. The third-order valence-electron chi connectivity index (χ3n) is 3.67. The number of likely N-dealkylation sites (tertiary alicyclic amines) is 1. The number of hydrogen-bond donors (Lipinski definition) is 1. The molecular weight excluding hydrogens is 262 g/mol. The molecule has 0 spiro atoms. The first-order valence-corrected chi connectivity index (χ1v) is 7.07. The number of benzene rings is 1. The van der Waals surface area contributed by atoms with Crippen molar-refractivity contribution >= 4 is 0 Å². The number of nitrogens with zero attached hydrogens (tertiary/aromatic N) is 1. The van der Waals surface area contributed by atoms with E-state index in [-0.39, 0.29) is 0 Å². The highest BCUT2D eigenvalue weighted by Crippen LogP contribution is 2.20. The lowest BCUT2D eigenvalue weighted by molar-refractivity contribution is 0.191. The van der Waals surface area contributed by atoms with Crippen molar-refractivity contribution in [3.8, 4) is 0 Å². The summed E-state index contributed by atoms with van der Waals surface area (Å²) in [5, 5.41) is 3.35. The van der Waals surface area contributed by atoms with Gasteiger partial charge in [-0.3, -0.25) is 4.90 Å². The smallest absolute Gasteiger partial charge is 0.126 e. The molecule has 1 N–H and O–H groups in total.